The van der Waals surface area contributed by atoms with Crippen LogP contribution in [-0.4, -0.2) is 41.6 Å². The maximum absolute atomic E-state index is 4.60. The molecule has 3 aliphatic heterocycles. The second kappa shape index (κ2) is 4.92. The van der Waals surface area contributed by atoms with E-state index in [-0.39, 0.29) is 0 Å². The summed E-state index contributed by atoms with van der Waals surface area (Å²) in [7, 11) is 0. The predicted octanol–water partition coefficient (Wildman–Crippen LogP) is 0.511. The van der Waals surface area contributed by atoms with Gasteiger partial charge in [-0.15, -0.1) is 0 Å². The summed E-state index contributed by atoms with van der Waals surface area (Å²) in [4.78, 5) is 15.9. The number of nitrogens with zero attached hydrogens (tertiary/aromatic N) is 4. The monoisotopic (exact) mass is 318 g/mol. The number of rotatable bonds is 0. The molecule has 5 rings (SSSR count). The molecular formula is C16H14N8. The van der Waals surface area contributed by atoms with Crippen molar-refractivity contribution < 1.29 is 0 Å². The van der Waals surface area contributed by atoms with Gasteiger partial charge in [-0.2, -0.15) is 14.8 Å². The zero-order chi connectivity index (χ0) is 15.9. The van der Waals surface area contributed by atoms with Gasteiger partial charge in [0.1, 0.15) is 0 Å². The van der Waals surface area contributed by atoms with Crippen LogP contribution in [0.1, 0.15) is 0 Å². The molecule has 2 aromatic rings. The van der Waals surface area contributed by atoms with Crippen molar-refractivity contribution in [2.45, 2.75) is 0 Å². The lowest BCUT2D eigenvalue weighted by atomic mass is 10.3. The van der Waals surface area contributed by atoms with Gasteiger partial charge < -0.3 is 4.98 Å². The first kappa shape index (κ1) is 12.8. The van der Waals surface area contributed by atoms with Crippen molar-refractivity contribution in [2.24, 2.45) is 9.98 Å². The number of aromatic amines is 4. The summed E-state index contributed by atoms with van der Waals surface area (Å²) in [5.74, 6) is 0. The molecule has 0 aliphatic carbocycles. The summed E-state index contributed by atoms with van der Waals surface area (Å²) < 4.78 is 0. The molecule has 24 heavy (non-hydrogen) atoms. The third-order valence-corrected chi connectivity index (χ3v) is 3.73. The summed E-state index contributed by atoms with van der Waals surface area (Å²) in [5, 5.41) is 11.0. The molecule has 8 bridgehead atoms. The van der Waals surface area contributed by atoms with Crippen molar-refractivity contribution in [2.75, 3.05) is 0 Å². The summed E-state index contributed by atoms with van der Waals surface area (Å²) in [6.45, 7) is 0. The molecular weight excluding hydrogens is 304 g/mol. The highest BCUT2D eigenvalue weighted by atomic mass is 15.8. The molecule has 0 unspecified atom stereocenters. The van der Waals surface area contributed by atoms with E-state index in [0.29, 0.717) is 0 Å². The van der Waals surface area contributed by atoms with E-state index in [4.69, 9.17) is 0 Å². The number of H-pyrrole nitrogens is 4. The Labute approximate surface area is 135 Å². The molecule has 3 aliphatic rings. The van der Waals surface area contributed by atoms with E-state index in [1.807, 2.05) is 61.0 Å². The Morgan fingerprint density at radius 1 is 0.708 bits per heavy atom. The number of aromatic nitrogens is 6. The van der Waals surface area contributed by atoms with Crippen LogP contribution in [-0.2, 0) is 0 Å². The Balaban J connectivity index is 1.72. The number of nitrogens with one attached hydrogen (secondary N) is 4. The van der Waals surface area contributed by atoms with Gasteiger partial charge in [-0.3, -0.25) is 0 Å². The van der Waals surface area contributed by atoms with Gasteiger partial charge in [0.25, 0.3) is 0 Å². The number of hydrogen-bond donors (Lipinski definition) is 4. The van der Waals surface area contributed by atoms with Gasteiger partial charge in [-0.05, 0) is 48.6 Å². The third-order valence-electron chi connectivity index (χ3n) is 3.73. The molecule has 2 aromatic heterocycles. The first-order valence-corrected chi connectivity index (χ1v) is 7.52. The average Bonchev–Trinajstić information content (AvgIpc) is 3.32. The van der Waals surface area contributed by atoms with Crippen molar-refractivity contribution in [3.05, 3.63) is 64.6 Å². The van der Waals surface area contributed by atoms with Crippen LogP contribution >= 0.6 is 0 Å². The normalized spacial score (nSPS) is 17.7. The zero-order valence-electron chi connectivity index (χ0n) is 12.6. The average molecular weight is 318 g/mol. The smallest absolute Gasteiger partial charge is 0.0838 e. The van der Waals surface area contributed by atoms with Crippen molar-refractivity contribution in [1.29, 1.82) is 0 Å². The summed E-state index contributed by atoms with van der Waals surface area (Å²) in [5.41, 5.74) is 3.50. The molecule has 0 saturated carbocycles. The van der Waals surface area contributed by atoms with Crippen LogP contribution in [0.3, 0.4) is 0 Å². The van der Waals surface area contributed by atoms with Gasteiger partial charge >= 0.3 is 0 Å². The minimum absolute atomic E-state index is 0.831. The van der Waals surface area contributed by atoms with Crippen LogP contribution in [0, 0.1) is 0 Å². The highest BCUT2D eigenvalue weighted by Gasteiger charge is 2.07. The van der Waals surface area contributed by atoms with Gasteiger partial charge in [0.15, 0.2) is 0 Å². The van der Waals surface area contributed by atoms with Crippen LogP contribution in [0.25, 0.3) is 18.5 Å². The van der Waals surface area contributed by atoms with Crippen LogP contribution in [0.15, 0.2) is 63.9 Å². The van der Waals surface area contributed by atoms with Crippen molar-refractivity contribution in [3.8, 4) is 0 Å². The highest BCUT2D eigenvalue weighted by molar-refractivity contribution is 6.19. The maximum Gasteiger partial charge on any atom is 0.0838 e. The second-order valence-electron chi connectivity index (χ2n) is 5.57. The van der Waals surface area contributed by atoms with Crippen molar-refractivity contribution in [3.63, 3.8) is 0 Å². The van der Waals surface area contributed by atoms with E-state index in [1.54, 1.807) is 9.59 Å². The molecule has 0 saturated heterocycles. The fraction of sp³-hybridized carbons (Fsp3) is 0. The quantitative estimate of drug-likeness (QED) is 0.544. The highest BCUT2D eigenvalue weighted by Crippen LogP contribution is 2.15. The molecule has 8 nitrogen and oxygen atoms in total. The van der Waals surface area contributed by atoms with E-state index in [1.165, 1.54) is 0 Å². The third kappa shape index (κ3) is 2.35. The SMILES string of the molecule is C1=CC2=NC1=Cn1[nH][nH]n([nH]1)C=c1ccc([nH]1)=CC1=NC(=C2)C=C1. The van der Waals surface area contributed by atoms with Crippen LogP contribution in [0.5, 0.6) is 0 Å². The summed E-state index contributed by atoms with van der Waals surface area (Å²) >= 11 is 0. The number of fused-ring (bicyclic) bond motifs is 6. The van der Waals surface area contributed by atoms with Gasteiger partial charge in [-0.25, -0.2) is 20.4 Å². The molecule has 0 radical (unpaired) electrons. The molecule has 0 fully saturated rings. The molecule has 8 heteroatoms. The van der Waals surface area contributed by atoms with Crippen molar-refractivity contribution in [1.82, 2.24) is 30.2 Å². The number of allylic oxidation sites excluding steroid dienone is 5. The van der Waals surface area contributed by atoms with Gasteiger partial charge in [0.05, 0.1) is 40.6 Å². The van der Waals surface area contributed by atoms with Crippen LogP contribution in [0.2, 0.25) is 0 Å². The molecule has 5 heterocycles. The minimum atomic E-state index is 0.831. The fourth-order valence-electron chi connectivity index (χ4n) is 2.67. The molecule has 0 spiro atoms. The zero-order valence-corrected chi connectivity index (χ0v) is 12.6. The molecule has 0 amide bonds. The van der Waals surface area contributed by atoms with E-state index in [0.717, 1.165) is 33.5 Å². The Morgan fingerprint density at radius 3 is 2.33 bits per heavy atom. The standard InChI is InChI=1S/C16H14N8/c1-2-12-8-14-4-6-16(19-14)10-24-21-20-23(22-24)9-15-5-3-13(18-15)7-11(1)17-12/h1-10,18,20-22H. The largest absolute Gasteiger partial charge is 0.354 e. The molecule has 118 valence electrons. The molecule has 0 aromatic carbocycles. The van der Waals surface area contributed by atoms with E-state index in [2.05, 4.69) is 30.6 Å². The first-order valence-electron chi connectivity index (χ1n) is 7.52. The fourth-order valence-corrected chi connectivity index (χ4v) is 2.67. The van der Waals surface area contributed by atoms with Gasteiger partial charge in [0.2, 0.25) is 0 Å². The van der Waals surface area contributed by atoms with Crippen molar-refractivity contribution >= 4 is 29.9 Å². The van der Waals surface area contributed by atoms with Gasteiger partial charge in [0, 0.05) is 5.35 Å². The Hall–Kier alpha value is -3.68. The Bertz CT molecular complexity index is 1150. The topological polar surface area (TPSA) is 97.7 Å². The Morgan fingerprint density at radius 2 is 1.42 bits per heavy atom. The lowest BCUT2D eigenvalue weighted by molar-refractivity contribution is 0.715. The first-order chi connectivity index (χ1) is 11.8. The molecule has 0 atom stereocenters. The maximum atomic E-state index is 4.60. The molecule has 4 N–H and O–H groups in total. The summed E-state index contributed by atoms with van der Waals surface area (Å²) in [6.07, 6.45) is 15.6. The number of aliphatic imine (C=N–C) groups is 2. The van der Waals surface area contributed by atoms with Gasteiger partial charge in [-0.1, -0.05) is 0 Å². The van der Waals surface area contributed by atoms with E-state index >= 15 is 0 Å². The minimum Gasteiger partial charge on any atom is -0.354 e. The van der Waals surface area contributed by atoms with Crippen LogP contribution < -0.4 is 10.7 Å². The second-order valence-corrected chi connectivity index (χ2v) is 5.57. The predicted molar refractivity (Wildman–Crippen MR) is 93.0 cm³/mol. The Kier molecular flexibility index (Phi) is 2.63. The lowest BCUT2D eigenvalue weighted by Crippen LogP contribution is -2.13. The summed E-state index contributed by atoms with van der Waals surface area (Å²) in [6, 6.07) is 4.01. The van der Waals surface area contributed by atoms with E-state index in [9.17, 15) is 0 Å². The lowest BCUT2D eigenvalue weighted by Gasteiger charge is -1.94. The van der Waals surface area contributed by atoms with Crippen LogP contribution in [0.4, 0.5) is 0 Å². The van der Waals surface area contributed by atoms with E-state index < -0.39 is 0 Å². The number of hydrogen-bond acceptors (Lipinski definition) is 2.